The highest BCUT2D eigenvalue weighted by atomic mass is 16.6. The summed E-state index contributed by atoms with van der Waals surface area (Å²) in [5.74, 6) is -0.822. The summed E-state index contributed by atoms with van der Waals surface area (Å²) in [4.78, 5) is 38.1. The minimum absolute atomic E-state index is 0.129. The van der Waals surface area contributed by atoms with Crippen LogP contribution in [-0.2, 0) is 19.1 Å². The fourth-order valence-corrected chi connectivity index (χ4v) is 1.67. The molecule has 1 rings (SSSR count). The third-order valence-corrected chi connectivity index (χ3v) is 2.70. The number of rotatable bonds is 2. The normalized spacial score (nSPS) is 17.8. The van der Waals surface area contributed by atoms with Gasteiger partial charge < -0.3 is 14.4 Å². The van der Waals surface area contributed by atoms with E-state index >= 15 is 0 Å². The highest BCUT2D eigenvalue weighted by Crippen LogP contribution is 2.11. The van der Waals surface area contributed by atoms with E-state index in [1.54, 1.807) is 32.9 Å². The number of amides is 2. The fraction of sp³-hybridized carbons (Fsp3) is 0.643. The summed E-state index contributed by atoms with van der Waals surface area (Å²) in [6.07, 6.45) is 2.94. The standard InChI is InChI=1S/C14H22N2O5/c1-14(2,3)21-13(19)16-8-6-5-7-15(11(17)9-16)10-12(18)20-4/h5-6H,7-10H2,1-4H3/b6-5-. The fourth-order valence-electron chi connectivity index (χ4n) is 1.67. The van der Waals surface area contributed by atoms with Gasteiger partial charge in [0.1, 0.15) is 18.7 Å². The number of hydrogen-bond acceptors (Lipinski definition) is 5. The number of ether oxygens (including phenoxy) is 2. The molecule has 1 aliphatic heterocycles. The van der Waals surface area contributed by atoms with Gasteiger partial charge in [0.15, 0.2) is 0 Å². The van der Waals surface area contributed by atoms with Crippen LogP contribution >= 0.6 is 0 Å². The van der Waals surface area contributed by atoms with Crippen molar-refractivity contribution in [3.63, 3.8) is 0 Å². The second-order valence-corrected chi connectivity index (χ2v) is 5.68. The third kappa shape index (κ3) is 5.85. The summed E-state index contributed by atoms with van der Waals surface area (Å²) in [6.45, 7) is 5.63. The molecule has 7 heteroatoms. The number of carbonyl (C=O) groups is 3. The quantitative estimate of drug-likeness (QED) is 0.556. The van der Waals surface area contributed by atoms with Crippen LogP contribution in [0.5, 0.6) is 0 Å². The van der Waals surface area contributed by atoms with E-state index in [1.165, 1.54) is 16.9 Å². The Balaban J connectivity index is 2.73. The molecule has 21 heavy (non-hydrogen) atoms. The van der Waals surface area contributed by atoms with E-state index in [-0.39, 0.29) is 19.0 Å². The molecule has 0 aromatic carbocycles. The molecule has 0 saturated heterocycles. The van der Waals surface area contributed by atoms with Crippen molar-refractivity contribution in [2.75, 3.05) is 33.3 Å². The first kappa shape index (κ1) is 17.0. The number of hydrogen-bond donors (Lipinski definition) is 0. The van der Waals surface area contributed by atoms with Crippen molar-refractivity contribution < 1.29 is 23.9 Å². The van der Waals surface area contributed by atoms with Crippen molar-refractivity contribution in [1.29, 1.82) is 0 Å². The molecule has 0 radical (unpaired) electrons. The van der Waals surface area contributed by atoms with Gasteiger partial charge >= 0.3 is 12.1 Å². The van der Waals surface area contributed by atoms with E-state index in [1.807, 2.05) is 0 Å². The van der Waals surface area contributed by atoms with Crippen LogP contribution in [0, 0.1) is 0 Å². The molecular formula is C14H22N2O5. The summed E-state index contributed by atoms with van der Waals surface area (Å²) in [5.41, 5.74) is -0.627. The molecule has 1 heterocycles. The van der Waals surface area contributed by atoms with Gasteiger partial charge in [0, 0.05) is 13.1 Å². The lowest BCUT2D eigenvalue weighted by Crippen LogP contribution is -2.47. The van der Waals surface area contributed by atoms with E-state index in [2.05, 4.69) is 4.74 Å². The van der Waals surface area contributed by atoms with Crippen molar-refractivity contribution in [2.45, 2.75) is 26.4 Å². The Kier molecular flexibility index (Phi) is 5.75. The molecule has 118 valence electrons. The zero-order chi connectivity index (χ0) is 16.0. The Bertz CT molecular complexity index is 439. The molecule has 0 aromatic rings. The number of nitrogens with zero attached hydrogens (tertiary/aromatic N) is 2. The molecule has 7 nitrogen and oxygen atoms in total. The van der Waals surface area contributed by atoms with Crippen LogP contribution in [0.3, 0.4) is 0 Å². The molecule has 2 amide bonds. The first-order chi connectivity index (χ1) is 9.73. The van der Waals surface area contributed by atoms with Gasteiger partial charge in [-0.2, -0.15) is 0 Å². The van der Waals surface area contributed by atoms with Crippen LogP contribution in [0.25, 0.3) is 0 Å². The molecule has 1 aliphatic rings. The first-order valence-electron chi connectivity index (χ1n) is 6.70. The van der Waals surface area contributed by atoms with Crippen molar-refractivity contribution in [2.24, 2.45) is 0 Å². The Morgan fingerprint density at radius 3 is 2.43 bits per heavy atom. The zero-order valence-electron chi connectivity index (χ0n) is 12.9. The maximum atomic E-state index is 12.1. The van der Waals surface area contributed by atoms with Crippen LogP contribution in [0.2, 0.25) is 0 Å². The molecule has 0 fully saturated rings. The van der Waals surface area contributed by atoms with E-state index in [0.29, 0.717) is 13.1 Å². The van der Waals surface area contributed by atoms with E-state index in [0.717, 1.165) is 0 Å². The lowest BCUT2D eigenvalue weighted by atomic mass is 10.2. The van der Waals surface area contributed by atoms with Crippen molar-refractivity contribution >= 4 is 18.0 Å². The molecule has 0 unspecified atom stereocenters. The lowest BCUT2D eigenvalue weighted by molar-refractivity contribution is -0.147. The summed E-state index contributed by atoms with van der Waals surface area (Å²) < 4.78 is 9.80. The SMILES string of the molecule is COC(=O)CN1C/C=C\CN(C(=O)OC(C)(C)C)CC1=O. The molecule has 0 aromatic heterocycles. The monoisotopic (exact) mass is 298 g/mol. The minimum atomic E-state index is -0.627. The van der Waals surface area contributed by atoms with Gasteiger partial charge in [-0.25, -0.2) is 4.79 Å². The third-order valence-electron chi connectivity index (χ3n) is 2.70. The maximum Gasteiger partial charge on any atom is 0.411 e. The largest absolute Gasteiger partial charge is 0.468 e. The minimum Gasteiger partial charge on any atom is -0.468 e. The lowest BCUT2D eigenvalue weighted by Gasteiger charge is -2.29. The number of esters is 1. The molecule has 0 spiro atoms. The van der Waals surface area contributed by atoms with Gasteiger partial charge in [0.2, 0.25) is 5.91 Å². The summed E-state index contributed by atoms with van der Waals surface area (Å²) >= 11 is 0. The summed E-state index contributed by atoms with van der Waals surface area (Å²) in [7, 11) is 1.26. The molecule has 0 N–H and O–H groups in total. The van der Waals surface area contributed by atoms with Crippen LogP contribution in [0.15, 0.2) is 12.2 Å². The highest BCUT2D eigenvalue weighted by Gasteiger charge is 2.26. The van der Waals surface area contributed by atoms with E-state index < -0.39 is 17.7 Å². The van der Waals surface area contributed by atoms with Crippen molar-refractivity contribution in [3.05, 3.63) is 12.2 Å². The summed E-state index contributed by atoms with van der Waals surface area (Å²) in [5, 5.41) is 0. The van der Waals surface area contributed by atoms with Crippen LogP contribution in [0.4, 0.5) is 4.79 Å². The van der Waals surface area contributed by atoms with Gasteiger partial charge in [-0.3, -0.25) is 14.5 Å². The Labute approximate surface area is 124 Å². The van der Waals surface area contributed by atoms with Crippen molar-refractivity contribution in [3.8, 4) is 0 Å². The second-order valence-electron chi connectivity index (χ2n) is 5.68. The molecule has 0 atom stereocenters. The van der Waals surface area contributed by atoms with Gasteiger partial charge in [-0.1, -0.05) is 12.2 Å². The zero-order valence-corrected chi connectivity index (χ0v) is 12.9. The van der Waals surface area contributed by atoms with Gasteiger partial charge in [-0.15, -0.1) is 0 Å². The van der Waals surface area contributed by atoms with Gasteiger partial charge in [-0.05, 0) is 20.8 Å². The molecule has 0 bridgehead atoms. The van der Waals surface area contributed by atoms with Crippen LogP contribution < -0.4 is 0 Å². The molecule has 0 saturated carbocycles. The second kappa shape index (κ2) is 7.10. The smallest absolute Gasteiger partial charge is 0.411 e. The van der Waals surface area contributed by atoms with Crippen LogP contribution in [0.1, 0.15) is 20.8 Å². The average molecular weight is 298 g/mol. The predicted molar refractivity (Wildman–Crippen MR) is 75.5 cm³/mol. The van der Waals surface area contributed by atoms with Crippen molar-refractivity contribution in [1.82, 2.24) is 9.80 Å². The van der Waals surface area contributed by atoms with E-state index in [4.69, 9.17) is 4.74 Å². The summed E-state index contributed by atoms with van der Waals surface area (Å²) in [6, 6.07) is 0. The van der Waals surface area contributed by atoms with Gasteiger partial charge in [0.25, 0.3) is 0 Å². The Morgan fingerprint density at radius 1 is 1.24 bits per heavy atom. The first-order valence-corrected chi connectivity index (χ1v) is 6.70. The predicted octanol–water partition coefficient (Wildman–Crippen LogP) is 0.795. The van der Waals surface area contributed by atoms with Crippen LogP contribution in [-0.4, -0.2) is 66.7 Å². The topological polar surface area (TPSA) is 76.2 Å². The maximum absolute atomic E-state index is 12.1. The Morgan fingerprint density at radius 2 is 1.86 bits per heavy atom. The van der Waals surface area contributed by atoms with Gasteiger partial charge in [0.05, 0.1) is 7.11 Å². The molecule has 0 aliphatic carbocycles. The number of methoxy groups -OCH3 is 1. The van der Waals surface area contributed by atoms with E-state index in [9.17, 15) is 14.4 Å². The average Bonchev–Trinajstić information content (AvgIpc) is 2.35. The molecular weight excluding hydrogens is 276 g/mol. The highest BCUT2D eigenvalue weighted by molar-refractivity contribution is 5.86. The number of carbonyl (C=O) groups excluding carboxylic acids is 3. The Hall–Kier alpha value is -2.05.